The molecule has 4 aromatic rings. The van der Waals surface area contributed by atoms with E-state index in [4.69, 9.17) is 27.9 Å². The molecule has 0 aliphatic rings. The van der Waals surface area contributed by atoms with Crippen LogP contribution in [-0.4, -0.2) is 44.8 Å². The van der Waals surface area contributed by atoms with Crippen LogP contribution in [0.15, 0.2) is 42.5 Å². The normalized spacial score (nSPS) is 17.8. The first kappa shape index (κ1) is 10.2. The number of aromatic nitrogens is 5. The maximum Gasteiger partial charge on any atom is 0.413 e. The van der Waals surface area contributed by atoms with Crippen LogP contribution in [0.3, 0.4) is 0 Å². The summed E-state index contributed by atoms with van der Waals surface area (Å²) in [6.45, 7) is -6.46. The average Bonchev–Trinajstić information content (AvgIpc) is 3.27. The lowest BCUT2D eigenvalue weighted by Gasteiger charge is -2.18. The van der Waals surface area contributed by atoms with Crippen LogP contribution in [-0.2, 0) is 11.2 Å². The summed E-state index contributed by atoms with van der Waals surface area (Å²) < 4.78 is 113. The Morgan fingerprint density at radius 2 is 2.13 bits per heavy atom. The lowest BCUT2D eigenvalue weighted by atomic mass is 10.2. The highest BCUT2D eigenvalue weighted by Crippen LogP contribution is 2.32. The van der Waals surface area contributed by atoms with Gasteiger partial charge in [-0.05, 0) is 18.2 Å². The largest absolute Gasteiger partial charge is 0.452 e. The van der Waals surface area contributed by atoms with Crippen molar-refractivity contribution in [3.8, 4) is 11.5 Å². The standard InChI is InChI=1S/C20H19FN8O2/c1-28(20(30)31-2)15-16(22)25-18(26-17(15)23)14-12-7-5-9-24-19(12)29(27-14)10-11-6-3-4-8-13(11)21/h3-9H,10H2,1-2H3,(H4,22,23,25,26)/i1D3,2D3,3D,4D,6D,8D,10D2. The highest BCUT2D eigenvalue weighted by molar-refractivity contribution is 5.96. The topological polar surface area (TPSA) is 138 Å². The summed E-state index contributed by atoms with van der Waals surface area (Å²) in [4.78, 5) is 24.3. The minimum Gasteiger partial charge on any atom is -0.452 e. The Morgan fingerprint density at radius 1 is 1.35 bits per heavy atom. The van der Waals surface area contributed by atoms with Crippen LogP contribution in [0, 0.1) is 5.82 Å². The molecular weight excluding hydrogens is 403 g/mol. The van der Waals surface area contributed by atoms with Gasteiger partial charge in [-0.2, -0.15) is 5.10 Å². The van der Waals surface area contributed by atoms with Gasteiger partial charge in [0.05, 0.1) is 31.3 Å². The molecule has 0 fully saturated rings. The summed E-state index contributed by atoms with van der Waals surface area (Å²) in [7, 11) is -3.33. The van der Waals surface area contributed by atoms with E-state index in [-0.39, 0.29) is 21.6 Å². The fraction of sp³-hybridized carbons (Fsp3) is 0.150. The molecule has 31 heavy (non-hydrogen) atoms. The molecule has 158 valence electrons. The average molecular weight is 434 g/mol. The van der Waals surface area contributed by atoms with E-state index in [0.717, 1.165) is 0 Å². The van der Waals surface area contributed by atoms with E-state index in [9.17, 15) is 4.79 Å². The molecule has 0 radical (unpaired) electrons. The van der Waals surface area contributed by atoms with Gasteiger partial charge >= 0.3 is 6.09 Å². The van der Waals surface area contributed by atoms with Crippen molar-refractivity contribution in [2.24, 2.45) is 0 Å². The van der Waals surface area contributed by atoms with Crippen LogP contribution in [0.4, 0.5) is 26.5 Å². The van der Waals surface area contributed by atoms with Gasteiger partial charge in [-0.1, -0.05) is 18.1 Å². The molecule has 0 bridgehead atoms. The van der Waals surface area contributed by atoms with Crippen LogP contribution in [0.1, 0.15) is 22.0 Å². The molecule has 3 aromatic heterocycles. The molecular formula is C20H19FN8O2. The van der Waals surface area contributed by atoms with Crippen LogP contribution in [0.25, 0.3) is 22.6 Å². The van der Waals surface area contributed by atoms with Gasteiger partial charge < -0.3 is 16.2 Å². The minimum atomic E-state index is -3.37. The van der Waals surface area contributed by atoms with E-state index >= 15 is 4.39 Å². The number of halogens is 1. The molecule has 0 aliphatic carbocycles. The van der Waals surface area contributed by atoms with Crippen LogP contribution < -0.4 is 16.4 Å². The number of anilines is 3. The lowest BCUT2D eigenvalue weighted by Crippen LogP contribution is -2.28. The molecule has 0 atom stereocenters. The van der Waals surface area contributed by atoms with Gasteiger partial charge in [0, 0.05) is 22.8 Å². The number of nitrogen functional groups attached to an aromatic ring is 2. The van der Waals surface area contributed by atoms with Crippen molar-refractivity contribution >= 4 is 34.4 Å². The minimum absolute atomic E-state index is 0.0219. The number of carbonyl (C=O) groups excluding carboxylic acids is 1. The Hall–Kier alpha value is -4.28. The predicted molar refractivity (Wildman–Crippen MR) is 114 cm³/mol. The molecule has 10 nitrogen and oxygen atoms in total. The van der Waals surface area contributed by atoms with Gasteiger partial charge in [-0.25, -0.2) is 28.8 Å². The number of hydrogen-bond acceptors (Lipinski definition) is 8. The van der Waals surface area contributed by atoms with E-state index in [2.05, 4.69) is 24.8 Å². The number of nitrogens with zero attached hydrogens (tertiary/aromatic N) is 6. The lowest BCUT2D eigenvalue weighted by molar-refractivity contribution is 0.180. The Morgan fingerprint density at radius 3 is 2.87 bits per heavy atom. The zero-order chi connectivity index (χ0) is 32.4. The van der Waals surface area contributed by atoms with Crippen molar-refractivity contribution in [1.82, 2.24) is 24.7 Å². The van der Waals surface area contributed by atoms with Crippen LogP contribution >= 0.6 is 0 Å². The van der Waals surface area contributed by atoms with Crippen molar-refractivity contribution in [2.75, 3.05) is 30.4 Å². The number of rotatable bonds is 4. The van der Waals surface area contributed by atoms with E-state index < -0.39 is 85.3 Å². The molecule has 4 rings (SSSR count). The fourth-order valence-corrected chi connectivity index (χ4v) is 2.64. The third kappa shape index (κ3) is 3.56. The number of benzene rings is 1. The zero-order valence-electron chi connectivity index (χ0n) is 27.3. The van der Waals surface area contributed by atoms with Gasteiger partial charge in [0.15, 0.2) is 23.1 Å². The molecule has 0 saturated carbocycles. The maximum absolute atomic E-state index is 15.1. The number of carbonyl (C=O) groups is 1. The summed E-state index contributed by atoms with van der Waals surface area (Å²) >= 11 is 0. The molecule has 1 aromatic carbocycles. The fourth-order valence-electron chi connectivity index (χ4n) is 2.64. The summed E-state index contributed by atoms with van der Waals surface area (Å²) in [5.74, 6) is -3.53. The van der Waals surface area contributed by atoms with Gasteiger partial charge in [0.25, 0.3) is 0 Å². The predicted octanol–water partition coefficient (Wildman–Crippen LogP) is 2.44. The molecule has 0 aliphatic heterocycles. The van der Waals surface area contributed by atoms with Crippen molar-refractivity contribution in [2.45, 2.75) is 6.50 Å². The molecule has 4 N–H and O–H groups in total. The molecule has 1 amide bonds. The first-order valence-corrected chi connectivity index (χ1v) is 8.25. The summed E-state index contributed by atoms with van der Waals surface area (Å²) in [5.41, 5.74) is 9.45. The molecule has 3 heterocycles. The number of fused-ring (bicyclic) bond motifs is 1. The van der Waals surface area contributed by atoms with Gasteiger partial charge in [0.2, 0.25) is 0 Å². The number of nitrogens with two attached hydrogens (primary N) is 2. The monoisotopic (exact) mass is 434 g/mol. The number of methoxy groups -OCH3 is 1. The van der Waals surface area contributed by atoms with Gasteiger partial charge in [-0.15, -0.1) is 0 Å². The van der Waals surface area contributed by atoms with Crippen LogP contribution in [0.5, 0.6) is 0 Å². The number of amides is 1. The van der Waals surface area contributed by atoms with Crippen molar-refractivity contribution < 1.29 is 30.4 Å². The quantitative estimate of drug-likeness (QED) is 0.499. The molecule has 11 heteroatoms. The third-order valence-electron chi connectivity index (χ3n) is 3.95. The molecule has 0 saturated heterocycles. The second kappa shape index (κ2) is 7.86. The summed E-state index contributed by atoms with van der Waals surface area (Å²) in [6, 6.07) is -1.15. The highest BCUT2D eigenvalue weighted by Gasteiger charge is 2.23. The van der Waals surface area contributed by atoms with Gasteiger partial charge in [0.1, 0.15) is 17.2 Å². The van der Waals surface area contributed by atoms with Crippen LogP contribution in [0.2, 0.25) is 0 Å². The molecule has 0 spiro atoms. The maximum atomic E-state index is 15.1. The number of pyridine rings is 1. The second-order valence-corrected chi connectivity index (χ2v) is 5.81. The first-order chi connectivity index (χ1) is 19.7. The Balaban J connectivity index is 1.94. The third-order valence-corrected chi connectivity index (χ3v) is 3.95. The van der Waals surface area contributed by atoms with Gasteiger partial charge in [-0.3, -0.25) is 4.90 Å². The summed E-state index contributed by atoms with van der Waals surface area (Å²) in [5, 5.41) is 4.12. The van der Waals surface area contributed by atoms with Crippen molar-refractivity contribution in [3.63, 3.8) is 0 Å². The van der Waals surface area contributed by atoms with E-state index in [0.29, 0.717) is 4.68 Å². The van der Waals surface area contributed by atoms with E-state index in [1.807, 2.05) is 0 Å². The Bertz CT molecular complexity index is 1720. The highest BCUT2D eigenvalue weighted by atomic mass is 19.1. The number of hydrogen-bond donors (Lipinski definition) is 2. The van der Waals surface area contributed by atoms with Crippen molar-refractivity contribution in [1.29, 1.82) is 0 Å². The Kier molecular flexibility index (Phi) is 2.57. The Labute approximate surface area is 193 Å². The second-order valence-electron chi connectivity index (χ2n) is 5.81. The molecule has 0 unspecified atom stereocenters. The first-order valence-electron chi connectivity index (χ1n) is 14.3. The van der Waals surface area contributed by atoms with E-state index in [1.165, 1.54) is 18.3 Å². The van der Waals surface area contributed by atoms with Crippen molar-refractivity contribution in [3.05, 3.63) is 53.9 Å². The zero-order valence-corrected chi connectivity index (χ0v) is 15.3. The smallest absolute Gasteiger partial charge is 0.413 e. The SMILES string of the molecule is [2H]c1c([2H])c([2H])c(C([2H])([2H])n2nc(-c3nc(N)c(N(C(=O)OC([2H])([2H])[2H])C([2H])([2H])[2H])c(N)n3)c3cccnc32)c(F)c1[2H]. The summed E-state index contributed by atoms with van der Waals surface area (Å²) in [6.07, 6.45) is -0.634. The van der Waals surface area contributed by atoms with E-state index in [1.54, 1.807) is 0 Å². The number of ether oxygens (including phenoxy) is 1.